The number of nitrogens with two attached hydrogens (primary N) is 1. The molecule has 0 bridgehead atoms. The molecule has 0 aliphatic carbocycles. The Balaban J connectivity index is 2.76. The van der Waals surface area contributed by atoms with E-state index in [-0.39, 0.29) is 11.5 Å². The molecule has 1 saturated heterocycles. The molecule has 2 heterocycles. The Morgan fingerprint density at radius 2 is 2.12 bits per heavy atom. The number of aliphatic hydroxyl groups excluding tert-OH is 2. The summed E-state index contributed by atoms with van der Waals surface area (Å²) in [5.74, 6) is -1.29. The van der Waals surface area contributed by atoms with Gasteiger partial charge in [0.15, 0.2) is 11.6 Å². The van der Waals surface area contributed by atoms with Crippen molar-refractivity contribution in [2.45, 2.75) is 62.9 Å². The fraction of sp³-hybridized carbons (Fsp3) is 0.733. The Hall–Kier alpha value is -1.29. The summed E-state index contributed by atoms with van der Waals surface area (Å²) in [7, 11) is -2.51. The zero-order valence-corrected chi connectivity index (χ0v) is 15.7. The highest BCUT2D eigenvalue weighted by atomic mass is 28.3. The highest BCUT2D eigenvalue weighted by Crippen LogP contribution is 2.51. The molecule has 9 heteroatoms. The zero-order valence-electron chi connectivity index (χ0n) is 14.7. The van der Waals surface area contributed by atoms with Gasteiger partial charge in [0.25, 0.3) is 0 Å². The molecule has 1 fully saturated rings. The third kappa shape index (κ3) is 2.69. The average molecular weight is 359 g/mol. The first-order valence-corrected chi connectivity index (χ1v) is 10.9. The second kappa shape index (κ2) is 5.90. The number of rotatable bonds is 3. The monoisotopic (exact) mass is 359 g/mol. The van der Waals surface area contributed by atoms with Crippen LogP contribution in [0.3, 0.4) is 0 Å². The van der Waals surface area contributed by atoms with Crippen LogP contribution < -0.4 is 11.4 Å². The van der Waals surface area contributed by atoms with Crippen LogP contribution in [0.1, 0.15) is 27.2 Å². The molecule has 24 heavy (non-hydrogen) atoms. The van der Waals surface area contributed by atoms with Crippen LogP contribution in [0.2, 0.25) is 18.1 Å². The Morgan fingerprint density at radius 3 is 2.58 bits per heavy atom. The molecule has 0 unspecified atom stereocenters. The van der Waals surface area contributed by atoms with E-state index in [2.05, 4.69) is 4.98 Å². The van der Waals surface area contributed by atoms with E-state index in [0.717, 1.165) is 10.8 Å². The van der Waals surface area contributed by atoms with E-state index in [4.69, 9.17) is 10.5 Å². The Kier molecular flexibility index (Phi) is 4.68. The molecule has 0 amide bonds. The van der Waals surface area contributed by atoms with Crippen LogP contribution in [0.5, 0.6) is 0 Å². The predicted molar refractivity (Wildman–Crippen MR) is 90.6 cm³/mol. The molecule has 0 spiro atoms. The van der Waals surface area contributed by atoms with E-state index >= 15 is 0 Å². The van der Waals surface area contributed by atoms with Gasteiger partial charge in [-0.3, -0.25) is 4.57 Å². The number of aromatic nitrogens is 2. The molecular weight excluding hydrogens is 333 g/mol. The Morgan fingerprint density at radius 1 is 1.54 bits per heavy atom. The molecule has 1 aromatic heterocycles. The normalized spacial score (nSPS) is 28.3. The summed E-state index contributed by atoms with van der Waals surface area (Å²) in [5, 5.41) is 18.3. The smallest absolute Gasteiger partial charge is 0.351 e. The zero-order chi connectivity index (χ0) is 18.5. The van der Waals surface area contributed by atoms with Gasteiger partial charge in [-0.2, -0.15) is 4.98 Å². The van der Waals surface area contributed by atoms with Crippen LogP contribution in [-0.4, -0.2) is 46.7 Å². The van der Waals surface area contributed by atoms with Gasteiger partial charge in [0.1, 0.15) is 19.5 Å². The fourth-order valence-electron chi connectivity index (χ4n) is 3.10. The summed E-state index contributed by atoms with van der Waals surface area (Å²) in [6.45, 7) is 9.71. The van der Waals surface area contributed by atoms with E-state index in [1.807, 2.05) is 33.9 Å². The van der Waals surface area contributed by atoms with E-state index < -0.39 is 49.6 Å². The molecule has 4 N–H and O–H groups in total. The molecule has 2 rings (SSSR count). The van der Waals surface area contributed by atoms with Crippen molar-refractivity contribution in [3.8, 4) is 0 Å². The number of nitrogens with zero attached hydrogens (tertiary/aromatic N) is 2. The second-order valence-corrected chi connectivity index (χ2v) is 13.4. The number of aliphatic hydroxyl groups is 2. The lowest BCUT2D eigenvalue weighted by Gasteiger charge is -2.50. The number of ether oxygens (including phenoxy) is 1. The highest BCUT2D eigenvalue weighted by Gasteiger charge is 2.61. The lowest BCUT2D eigenvalue weighted by Crippen LogP contribution is -2.63. The van der Waals surface area contributed by atoms with Gasteiger partial charge in [-0.15, -0.1) is 0 Å². The molecule has 0 aromatic carbocycles. The quantitative estimate of drug-likeness (QED) is 0.689. The third-order valence-corrected chi connectivity index (χ3v) is 11.9. The van der Waals surface area contributed by atoms with Crippen molar-refractivity contribution in [2.24, 2.45) is 0 Å². The summed E-state index contributed by atoms with van der Waals surface area (Å²) in [6, 6.07) is 0. The number of halogens is 1. The largest absolute Gasteiger partial charge is 0.394 e. The Bertz CT molecular complexity index is 688. The van der Waals surface area contributed by atoms with Crippen LogP contribution in [0.25, 0.3) is 0 Å². The minimum atomic E-state index is -2.51. The molecule has 136 valence electrons. The summed E-state index contributed by atoms with van der Waals surface area (Å²) >= 11 is 0. The first-order chi connectivity index (χ1) is 10.9. The molecule has 3 atom stereocenters. The summed E-state index contributed by atoms with van der Waals surface area (Å²) in [4.78, 5) is 16.0. The van der Waals surface area contributed by atoms with Gasteiger partial charge < -0.3 is 20.7 Å². The van der Waals surface area contributed by atoms with E-state index in [0.29, 0.717) is 0 Å². The van der Waals surface area contributed by atoms with Crippen molar-refractivity contribution in [3.63, 3.8) is 0 Å². The maximum Gasteiger partial charge on any atom is 0.351 e. The minimum Gasteiger partial charge on any atom is -0.394 e. The van der Waals surface area contributed by atoms with Crippen LogP contribution in [0.15, 0.2) is 11.0 Å². The van der Waals surface area contributed by atoms with Crippen molar-refractivity contribution in [1.82, 2.24) is 9.55 Å². The van der Waals surface area contributed by atoms with Gasteiger partial charge in [-0.1, -0.05) is 33.9 Å². The third-order valence-electron chi connectivity index (χ3n) is 5.59. The fourth-order valence-corrected chi connectivity index (χ4v) is 6.20. The van der Waals surface area contributed by atoms with Crippen molar-refractivity contribution < 1.29 is 19.3 Å². The van der Waals surface area contributed by atoms with E-state index in [1.165, 1.54) is 0 Å². The summed E-state index contributed by atoms with van der Waals surface area (Å²) in [5.41, 5.74) is 4.66. The van der Waals surface area contributed by atoms with Gasteiger partial charge in [-0.05, 0) is 5.04 Å². The van der Waals surface area contributed by atoms with Crippen LogP contribution in [0.4, 0.5) is 10.2 Å². The van der Waals surface area contributed by atoms with Crippen molar-refractivity contribution in [2.75, 3.05) is 12.3 Å². The number of nitrogen functional groups attached to an aromatic ring is 1. The molecule has 0 saturated carbocycles. The van der Waals surface area contributed by atoms with Crippen LogP contribution in [-0.2, 0) is 10.1 Å². The van der Waals surface area contributed by atoms with E-state index in [9.17, 15) is 19.4 Å². The molecule has 0 radical (unpaired) electrons. The average Bonchev–Trinajstić information content (AvgIpc) is 2.80. The lowest BCUT2D eigenvalue weighted by molar-refractivity contribution is -0.0780. The standard InChI is InChI=1S/C15H26FN3O4Si/c1-14(2,3)24(4,5)15(6-10(21)11(8-20)23-15)19-7-9(16)12(17)18-13(19)22/h7,10-11,20-21H,6,8H2,1-5H3,(H2,17,18,22)/t10-,11+,15-/m0/s1. The summed E-state index contributed by atoms with van der Waals surface area (Å²) < 4.78 is 21.2. The van der Waals surface area contributed by atoms with Gasteiger partial charge in [0.05, 0.1) is 18.9 Å². The molecule has 1 aliphatic heterocycles. The SMILES string of the molecule is CC(C)(C)[Si](C)(C)[C@]1(n2cc(F)c(N)nc2=O)C[C@H](O)[C@@H](CO)O1. The van der Waals surface area contributed by atoms with Crippen molar-refractivity contribution in [3.05, 3.63) is 22.5 Å². The molecule has 7 nitrogen and oxygen atoms in total. The topological polar surface area (TPSA) is 111 Å². The number of hydrogen-bond acceptors (Lipinski definition) is 6. The van der Waals surface area contributed by atoms with Crippen molar-refractivity contribution >= 4 is 13.9 Å². The van der Waals surface area contributed by atoms with Gasteiger partial charge in [0.2, 0.25) is 0 Å². The first-order valence-electron chi connectivity index (χ1n) is 7.89. The molecular formula is C15H26FN3O4Si. The second-order valence-electron chi connectivity index (χ2n) is 7.90. The number of hydrogen-bond donors (Lipinski definition) is 3. The summed E-state index contributed by atoms with van der Waals surface area (Å²) in [6.07, 6.45) is -0.722. The van der Waals surface area contributed by atoms with Gasteiger partial charge in [-0.25, -0.2) is 9.18 Å². The van der Waals surface area contributed by atoms with Gasteiger partial charge >= 0.3 is 5.69 Å². The minimum absolute atomic E-state index is 0.0830. The predicted octanol–water partition coefficient (Wildman–Crippen LogP) is 0.807. The maximum atomic E-state index is 14.0. The highest BCUT2D eigenvalue weighted by molar-refractivity contribution is 6.81. The maximum absolute atomic E-state index is 14.0. The molecule has 1 aromatic rings. The van der Waals surface area contributed by atoms with Crippen LogP contribution >= 0.6 is 0 Å². The van der Waals surface area contributed by atoms with Gasteiger partial charge in [0, 0.05) is 6.42 Å². The molecule has 1 aliphatic rings. The first kappa shape index (κ1) is 19.0. The van der Waals surface area contributed by atoms with Crippen LogP contribution in [0, 0.1) is 5.82 Å². The van der Waals surface area contributed by atoms with Crippen molar-refractivity contribution in [1.29, 1.82) is 0 Å². The number of anilines is 1. The van der Waals surface area contributed by atoms with E-state index in [1.54, 1.807) is 0 Å². The lowest BCUT2D eigenvalue weighted by atomic mass is 10.2. The Labute approximate surface area is 141 Å².